The summed E-state index contributed by atoms with van der Waals surface area (Å²) in [7, 11) is 1.59. The van der Waals surface area contributed by atoms with E-state index in [0.29, 0.717) is 17.4 Å². The molecule has 0 amide bonds. The van der Waals surface area contributed by atoms with Crippen molar-refractivity contribution in [2.45, 2.75) is 20.0 Å². The molecule has 152 valence electrons. The average Bonchev–Trinajstić information content (AvgIpc) is 3.09. The summed E-state index contributed by atoms with van der Waals surface area (Å²) in [6.07, 6.45) is 1.72. The van der Waals surface area contributed by atoms with Crippen LogP contribution in [-0.4, -0.2) is 25.1 Å². The van der Waals surface area contributed by atoms with Crippen LogP contribution in [0.1, 0.15) is 25.0 Å². The van der Waals surface area contributed by atoms with Crippen molar-refractivity contribution in [2.24, 2.45) is 4.99 Å². The van der Waals surface area contributed by atoms with E-state index >= 15 is 0 Å². The van der Waals surface area contributed by atoms with Gasteiger partial charge in [-0.05, 0) is 83.1 Å². The number of carbonyl (C=O) groups excluding carboxylic acids is 1. The summed E-state index contributed by atoms with van der Waals surface area (Å²) in [4.78, 5) is 16.8. The number of fused-ring (bicyclic) bond motifs is 1. The Morgan fingerprint density at radius 3 is 2.57 bits per heavy atom. The van der Waals surface area contributed by atoms with E-state index in [-0.39, 0.29) is 11.8 Å². The highest BCUT2D eigenvalue weighted by molar-refractivity contribution is 14.1. The highest BCUT2D eigenvalue weighted by Gasteiger charge is 2.24. The maximum Gasteiger partial charge on any atom is 0.363 e. The third-order valence-electron chi connectivity index (χ3n) is 4.53. The Morgan fingerprint density at radius 1 is 1.07 bits per heavy atom. The van der Waals surface area contributed by atoms with Crippen LogP contribution in [0.4, 0.5) is 0 Å². The van der Waals surface area contributed by atoms with Gasteiger partial charge in [0.2, 0.25) is 5.90 Å². The van der Waals surface area contributed by atoms with E-state index in [1.54, 1.807) is 13.2 Å². The van der Waals surface area contributed by atoms with Crippen molar-refractivity contribution in [1.29, 1.82) is 0 Å². The smallest absolute Gasteiger partial charge is 0.363 e. The van der Waals surface area contributed by atoms with E-state index in [1.165, 1.54) is 0 Å². The number of aliphatic imine (C=N–C) groups is 1. The van der Waals surface area contributed by atoms with Crippen molar-refractivity contribution in [2.75, 3.05) is 7.11 Å². The Hall–Kier alpha value is -2.87. The SMILES string of the molecule is COc1cc(/C=C2/N=C(c3ccc4ccccc4c3)OC2=O)cc(I)c1OC(C)C. The summed E-state index contributed by atoms with van der Waals surface area (Å²) in [6, 6.07) is 17.6. The second-order valence-corrected chi connectivity index (χ2v) is 8.26. The number of nitrogens with zero attached hydrogens (tertiary/aromatic N) is 1. The lowest BCUT2D eigenvalue weighted by Crippen LogP contribution is -2.08. The van der Waals surface area contributed by atoms with Gasteiger partial charge in [-0.3, -0.25) is 0 Å². The molecule has 0 spiro atoms. The largest absolute Gasteiger partial charge is 0.493 e. The van der Waals surface area contributed by atoms with Crippen LogP contribution >= 0.6 is 22.6 Å². The first kappa shape index (κ1) is 20.4. The summed E-state index contributed by atoms with van der Waals surface area (Å²) >= 11 is 2.20. The van der Waals surface area contributed by atoms with Gasteiger partial charge in [0.1, 0.15) is 0 Å². The van der Waals surface area contributed by atoms with E-state index < -0.39 is 5.97 Å². The summed E-state index contributed by atoms with van der Waals surface area (Å²) in [5.41, 5.74) is 1.79. The molecule has 30 heavy (non-hydrogen) atoms. The number of ether oxygens (including phenoxy) is 3. The third kappa shape index (κ3) is 4.18. The molecule has 1 heterocycles. The zero-order chi connectivity index (χ0) is 21.3. The highest BCUT2D eigenvalue weighted by atomic mass is 127. The molecule has 5 nitrogen and oxygen atoms in total. The molecule has 0 N–H and O–H groups in total. The summed E-state index contributed by atoms with van der Waals surface area (Å²) in [6.45, 7) is 3.92. The van der Waals surface area contributed by atoms with Gasteiger partial charge in [0.05, 0.1) is 16.8 Å². The number of esters is 1. The van der Waals surface area contributed by atoms with Crippen molar-refractivity contribution >= 4 is 51.3 Å². The fourth-order valence-electron chi connectivity index (χ4n) is 3.19. The van der Waals surface area contributed by atoms with Crippen molar-refractivity contribution in [1.82, 2.24) is 0 Å². The molecule has 4 rings (SSSR count). The molecular weight excluding hydrogens is 493 g/mol. The van der Waals surface area contributed by atoms with Gasteiger partial charge in [-0.2, -0.15) is 0 Å². The quantitative estimate of drug-likeness (QED) is 0.254. The molecule has 0 saturated heterocycles. The fourth-order valence-corrected chi connectivity index (χ4v) is 3.94. The first-order valence-corrected chi connectivity index (χ1v) is 10.6. The first-order chi connectivity index (χ1) is 14.4. The van der Waals surface area contributed by atoms with Crippen LogP contribution in [0.5, 0.6) is 11.5 Å². The number of cyclic esters (lactones) is 1. The van der Waals surface area contributed by atoms with Gasteiger partial charge < -0.3 is 14.2 Å². The molecule has 6 heteroatoms. The molecule has 1 aliphatic rings. The number of carbonyl (C=O) groups is 1. The van der Waals surface area contributed by atoms with E-state index in [9.17, 15) is 4.79 Å². The van der Waals surface area contributed by atoms with Gasteiger partial charge >= 0.3 is 5.97 Å². The number of rotatable bonds is 5. The van der Waals surface area contributed by atoms with Crippen molar-refractivity contribution in [3.8, 4) is 11.5 Å². The van der Waals surface area contributed by atoms with E-state index in [0.717, 1.165) is 25.5 Å². The van der Waals surface area contributed by atoms with E-state index in [4.69, 9.17) is 14.2 Å². The van der Waals surface area contributed by atoms with Crippen molar-refractivity contribution in [3.63, 3.8) is 0 Å². The van der Waals surface area contributed by atoms with Crippen LogP contribution in [0.25, 0.3) is 16.8 Å². The van der Waals surface area contributed by atoms with Gasteiger partial charge in [0.25, 0.3) is 0 Å². The fraction of sp³-hybridized carbons (Fsp3) is 0.167. The van der Waals surface area contributed by atoms with Crippen LogP contribution in [0, 0.1) is 3.57 Å². The molecule has 1 aliphatic heterocycles. The van der Waals surface area contributed by atoms with Crippen LogP contribution in [0.15, 0.2) is 65.3 Å². The first-order valence-electron chi connectivity index (χ1n) is 9.50. The van der Waals surface area contributed by atoms with E-state index in [2.05, 4.69) is 27.6 Å². The predicted molar refractivity (Wildman–Crippen MR) is 126 cm³/mol. The second-order valence-electron chi connectivity index (χ2n) is 7.10. The lowest BCUT2D eigenvalue weighted by atomic mass is 10.1. The summed E-state index contributed by atoms with van der Waals surface area (Å²) in [5, 5.41) is 2.18. The predicted octanol–water partition coefficient (Wildman–Crippen LogP) is 5.58. The van der Waals surface area contributed by atoms with Gasteiger partial charge in [0, 0.05) is 5.56 Å². The Balaban J connectivity index is 1.68. The molecule has 0 aromatic heterocycles. The maximum atomic E-state index is 12.4. The lowest BCUT2D eigenvalue weighted by molar-refractivity contribution is -0.129. The van der Waals surface area contributed by atoms with Crippen molar-refractivity contribution in [3.05, 3.63) is 75.0 Å². The minimum absolute atomic E-state index is 0.0237. The van der Waals surface area contributed by atoms with Gasteiger partial charge in [0.15, 0.2) is 17.2 Å². The molecule has 0 bridgehead atoms. The van der Waals surface area contributed by atoms with Gasteiger partial charge in [-0.1, -0.05) is 30.3 Å². The standard InChI is InChI=1S/C24H20INO4/c1-14(2)29-22-19(25)10-15(12-21(22)28-3)11-20-24(27)30-23(26-20)18-9-8-16-6-4-5-7-17(16)13-18/h4-14H,1-3H3/b20-11+. The van der Waals surface area contributed by atoms with Crippen LogP contribution in [0.2, 0.25) is 0 Å². The lowest BCUT2D eigenvalue weighted by Gasteiger charge is -2.15. The molecular formula is C24H20INO4. The number of benzene rings is 3. The summed E-state index contributed by atoms with van der Waals surface area (Å²) < 4.78 is 17.6. The second kappa shape index (κ2) is 8.47. The van der Waals surface area contributed by atoms with Crippen LogP contribution in [-0.2, 0) is 9.53 Å². The minimum atomic E-state index is -0.477. The molecule has 3 aromatic rings. The maximum absolute atomic E-state index is 12.4. The molecule has 0 aliphatic carbocycles. The zero-order valence-electron chi connectivity index (χ0n) is 16.8. The zero-order valence-corrected chi connectivity index (χ0v) is 19.0. The number of hydrogen-bond donors (Lipinski definition) is 0. The molecule has 3 aromatic carbocycles. The third-order valence-corrected chi connectivity index (χ3v) is 5.33. The molecule has 0 radical (unpaired) electrons. The Labute approximate surface area is 188 Å². The number of halogens is 1. The van der Waals surface area contributed by atoms with Crippen LogP contribution in [0.3, 0.4) is 0 Å². The number of hydrogen-bond acceptors (Lipinski definition) is 5. The van der Waals surface area contributed by atoms with Crippen molar-refractivity contribution < 1.29 is 19.0 Å². The topological polar surface area (TPSA) is 57.1 Å². The Kier molecular flexibility index (Phi) is 5.76. The minimum Gasteiger partial charge on any atom is -0.493 e. The van der Waals surface area contributed by atoms with Gasteiger partial charge in [-0.15, -0.1) is 0 Å². The Morgan fingerprint density at radius 2 is 1.83 bits per heavy atom. The number of methoxy groups -OCH3 is 1. The molecule has 0 atom stereocenters. The van der Waals surface area contributed by atoms with E-state index in [1.807, 2.05) is 68.4 Å². The summed E-state index contributed by atoms with van der Waals surface area (Å²) in [5.74, 6) is 1.12. The Bertz CT molecular complexity index is 1200. The average molecular weight is 513 g/mol. The normalized spacial score (nSPS) is 14.9. The molecule has 0 fully saturated rings. The monoisotopic (exact) mass is 513 g/mol. The highest BCUT2D eigenvalue weighted by Crippen LogP contribution is 2.35. The molecule has 0 unspecified atom stereocenters. The van der Waals surface area contributed by atoms with Gasteiger partial charge in [-0.25, -0.2) is 9.79 Å². The van der Waals surface area contributed by atoms with Crippen LogP contribution < -0.4 is 9.47 Å². The molecule has 0 saturated carbocycles.